The van der Waals surface area contributed by atoms with Crippen molar-refractivity contribution in [1.82, 2.24) is 9.88 Å². The molecule has 1 amide bonds. The van der Waals surface area contributed by atoms with E-state index in [1.165, 1.54) is 17.4 Å². The van der Waals surface area contributed by atoms with Crippen LogP contribution in [-0.4, -0.2) is 47.1 Å². The minimum atomic E-state index is -0.926. The number of anilines is 1. The second-order valence-corrected chi connectivity index (χ2v) is 7.40. The van der Waals surface area contributed by atoms with Crippen LogP contribution in [0.5, 0.6) is 0 Å². The van der Waals surface area contributed by atoms with Crippen molar-refractivity contribution in [2.24, 2.45) is 0 Å². The monoisotopic (exact) mass is 381 g/mol. The minimum Gasteiger partial charge on any atom is -0.373 e. The molecule has 3 unspecified atom stereocenters. The predicted octanol–water partition coefficient (Wildman–Crippen LogP) is 3.52. The Balaban J connectivity index is 1.66. The molecule has 5 nitrogen and oxygen atoms in total. The number of carbonyl (C=O) groups is 1. The maximum atomic E-state index is 13.4. The van der Waals surface area contributed by atoms with Crippen LogP contribution in [0.4, 0.5) is 13.9 Å². The zero-order chi connectivity index (χ0) is 18.8. The Morgan fingerprint density at radius 1 is 1.31 bits per heavy atom. The van der Waals surface area contributed by atoms with Gasteiger partial charge in [0.1, 0.15) is 0 Å². The number of nitrogens with one attached hydrogen (secondary N) is 1. The van der Waals surface area contributed by atoms with E-state index < -0.39 is 11.6 Å². The average molecular weight is 381 g/mol. The van der Waals surface area contributed by atoms with E-state index >= 15 is 0 Å². The summed E-state index contributed by atoms with van der Waals surface area (Å²) in [5, 5.41) is 4.93. The van der Waals surface area contributed by atoms with Gasteiger partial charge in [-0.3, -0.25) is 9.69 Å². The van der Waals surface area contributed by atoms with E-state index in [0.717, 1.165) is 12.1 Å². The van der Waals surface area contributed by atoms with Crippen LogP contribution in [-0.2, 0) is 9.53 Å². The fourth-order valence-corrected chi connectivity index (χ4v) is 3.75. The number of ether oxygens (including phenoxy) is 1. The van der Waals surface area contributed by atoms with Gasteiger partial charge in [-0.05, 0) is 39.0 Å². The molecule has 3 atom stereocenters. The molecule has 0 radical (unpaired) electrons. The van der Waals surface area contributed by atoms with Gasteiger partial charge in [0.25, 0.3) is 0 Å². The van der Waals surface area contributed by atoms with Crippen LogP contribution in [0, 0.1) is 11.6 Å². The zero-order valence-corrected chi connectivity index (χ0v) is 15.6. The van der Waals surface area contributed by atoms with Gasteiger partial charge in [-0.1, -0.05) is 0 Å². The molecule has 2 aromatic rings. The molecule has 8 heteroatoms. The largest absolute Gasteiger partial charge is 0.373 e. The van der Waals surface area contributed by atoms with Gasteiger partial charge < -0.3 is 10.1 Å². The van der Waals surface area contributed by atoms with Crippen LogP contribution in [0.3, 0.4) is 0 Å². The third kappa shape index (κ3) is 4.25. The number of benzene rings is 1. The highest BCUT2D eigenvalue weighted by Crippen LogP contribution is 2.26. The van der Waals surface area contributed by atoms with E-state index in [4.69, 9.17) is 4.74 Å². The summed E-state index contributed by atoms with van der Waals surface area (Å²) < 4.78 is 32.1. The van der Waals surface area contributed by atoms with Gasteiger partial charge in [0.05, 0.1) is 23.9 Å². The van der Waals surface area contributed by atoms with Crippen molar-refractivity contribution in [2.45, 2.75) is 39.0 Å². The smallest absolute Gasteiger partial charge is 0.243 e. The first kappa shape index (κ1) is 18.9. The van der Waals surface area contributed by atoms with E-state index in [9.17, 15) is 13.6 Å². The Morgan fingerprint density at radius 3 is 2.65 bits per heavy atom. The second kappa shape index (κ2) is 7.77. The van der Waals surface area contributed by atoms with Crippen LogP contribution >= 0.6 is 11.3 Å². The number of amides is 1. The first-order valence-electron chi connectivity index (χ1n) is 8.45. The van der Waals surface area contributed by atoms with Crippen LogP contribution in [0.2, 0.25) is 0 Å². The fourth-order valence-electron chi connectivity index (χ4n) is 3.03. The van der Waals surface area contributed by atoms with Crippen molar-refractivity contribution >= 4 is 22.4 Å². The van der Waals surface area contributed by atoms with Crippen LogP contribution in [0.1, 0.15) is 20.8 Å². The first-order chi connectivity index (χ1) is 12.3. The molecular formula is C18H21F2N3O2S. The first-order valence-corrected chi connectivity index (χ1v) is 9.32. The van der Waals surface area contributed by atoms with Gasteiger partial charge in [0.2, 0.25) is 5.91 Å². The van der Waals surface area contributed by atoms with E-state index in [2.05, 4.69) is 15.2 Å². The zero-order valence-electron chi connectivity index (χ0n) is 14.8. The van der Waals surface area contributed by atoms with Crippen LogP contribution in [0.15, 0.2) is 23.6 Å². The summed E-state index contributed by atoms with van der Waals surface area (Å²) in [6.45, 7) is 7.21. The van der Waals surface area contributed by atoms with Crippen molar-refractivity contribution in [3.63, 3.8) is 0 Å². The van der Waals surface area contributed by atoms with Gasteiger partial charge in [-0.2, -0.15) is 0 Å². The lowest BCUT2D eigenvalue weighted by atomic mass is 10.1. The number of hydrogen-bond acceptors (Lipinski definition) is 5. The van der Waals surface area contributed by atoms with Crippen molar-refractivity contribution in [2.75, 3.05) is 18.4 Å². The van der Waals surface area contributed by atoms with E-state index in [1.807, 2.05) is 20.8 Å². The Kier molecular flexibility index (Phi) is 5.64. The van der Waals surface area contributed by atoms with Crippen molar-refractivity contribution < 1.29 is 18.3 Å². The van der Waals surface area contributed by atoms with Gasteiger partial charge in [-0.25, -0.2) is 13.8 Å². The number of carbonyl (C=O) groups excluding carboxylic acids is 1. The van der Waals surface area contributed by atoms with Crippen molar-refractivity contribution in [1.29, 1.82) is 0 Å². The lowest BCUT2D eigenvalue weighted by molar-refractivity contribution is -0.126. The third-order valence-electron chi connectivity index (χ3n) is 4.32. The van der Waals surface area contributed by atoms with E-state index in [-0.39, 0.29) is 24.2 Å². The average Bonchev–Trinajstić information content (AvgIpc) is 3.04. The summed E-state index contributed by atoms with van der Waals surface area (Å²) in [4.78, 5) is 18.9. The Bertz CT molecular complexity index is 788. The van der Waals surface area contributed by atoms with E-state index in [1.54, 1.807) is 5.38 Å². The van der Waals surface area contributed by atoms with Gasteiger partial charge in [-0.15, -0.1) is 11.3 Å². The maximum absolute atomic E-state index is 13.4. The summed E-state index contributed by atoms with van der Waals surface area (Å²) in [6, 6.07) is 3.29. The number of nitrogens with zero attached hydrogens (tertiary/aromatic N) is 2. The van der Waals surface area contributed by atoms with Crippen LogP contribution < -0.4 is 5.32 Å². The Morgan fingerprint density at radius 2 is 2.00 bits per heavy atom. The number of halogens is 2. The molecule has 1 saturated heterocycles. The van der Waals surface area contributed by atoms with Crippen LogP contribution in [0.25, 0.3) is 11.3 Å². The topological polar surface area (TPSA) is 54.5 Å². The minimum absolute atomic E-state index is 0.0776. The standard InChI is InChI=1S/C18H21F2N3O2S/c1-10-7-23(8-11(2)25-10)12(3)17(24)22-18-21-16(9-26-18)13-4-5-14(19)15(20)6-13/h4-6,9-12H,7-8H2,1-3H3,(H,21,22,24). The second-order valence-electron chi connectivity index (χ2n) is 6.54. The quantitative estimate of drug-likeness (QED) is 0.880. The fraction of sp³-hybridized carbons (Fsp3) is 0.444. The third-order valence-corrected chi connectivity index (χ3v) is 5.08. The summed E-state index contributed by atoms with van der Waals surface area (Å²) in [7, 11) is 0. The predicted molar refractivity (Wildman–Crippen MR) is 97.1 cm³/mol. The number of rotatable bonds is 4. The van der Waals surface area contributed by atoms with Gasteiger partial charge in [0, 0.05) is 24.0 Å². The van der Waals surface area contributed by atoms with Crippen molar-refractivity contribution in [3.8, 4) is 11.3 Å². The lowest BCUT2D eigenvalue weighted by Gasteiger charge is -2.38. The molecule has 0 bridgehead atoms. The molecule has 1 aliphatic heterocycles. The lowest BCUT2D eigenvalue weighted by Crippen LogP contribution is -2.52. The molecule has 1 fully saturated rings. The van der Waals surface area contributed by atoms with Crippen molar-refractivity contribution in [3.05, 3.63) is 35.2 Å². The number of aromatic nitrogens is 1. The van der Waals surface area contributed by atoms with Gasteiger partial charge >= 0.3 is 0 Å². The SMILES string of the molecule is CC1CN(C(C)C(=O)Nc2nc(-c3ccc(F)c(F)c3)cs2)CC(C)O1. The molecule has 0 spiro atoms. The highest BCUT2D eigenvalue weighted by Gasteiger charge is 2.29. The number of thiazole rings is 1. The molecule has 3 rings (SSSR count). The summed E-state index contributed by atoms with van der Waals surface area (Å²) in [6.07, 6.45) is 0.155. The molecule has 26 heavy (non-hydrogen) atoms. The molecule has 140 valence electrons. The number of hydrogen-bond donors (Lipinski definition) is 1. The summed E-state index contributed by atoms with van der Waals surface area (Å²) in [5.41, 5.74) is 0.954. The molecule has 1 aliphatic rings. The maximum Gasteiger partial charge on any atom is 0.243 e. The highest BCUT2D eigenvalue weighted by atomic mass is 32.1. The van der Waals surface area contributed by atoms with Gasteiger partial charge in [0.15, 0.2) is 16.8 Å². The molecule has 1 aromatic heterocycles. The molecule has 1 N–H and O–H groups in total. The summed E-state index contributed by atoms with van der Waals surface area (Å²) in [5.74, 6) is -1.98. The Labute approximate surface area is 155 Å². The molecular weight excluding hydrogens is 360 g/mol. The molecule has 0 saturated carbocycles. The molecule has 2 heterocycles. The highest BCUT2D eigenvalue weighted by molar-refractivity contribution is 7.14. The summed E-state index contributed by atoms with van der Waals surface area (Å²) >= 11 is 1.25. The Hall–Kier alpha value is -1.90. The van der Waals surface area contributed by atoms with E-state index in [0.29, 0.717) is 29.5 Å². The molecule has 0 aliphatic carbocycles. The molecule has 1 aromatic carbocycles. The number of morpholine rings is 1. The normalized spacial score (nSPS) is 22.2.